The third-order valence-corrected chi connectivity index (χ3v) is 3.05. The minimum absolute atomic E-state index is 0.0925. The van der Waals surface area contributed by atoms with Crippen molar-refractivity contribution in [2.45, 2.75) is 19.2 Å². The summed E-state index contributed by atoms with van der Waals surface area (Å²) in [5, 5.41) is 0.992. The van der Waals surface area contributed by atoms with Crippen molar-refractivity contribution in [3.05, 3.63) is 33.3 Å². The van der Waals surface area contributed by atoms with Crippen molar-refractivity contribution in [3.8, 4) is 0 Å². The lowest BCUT2D eigenvalue weighted by Gasteiger charge is -2.10. The van der Waals surface area contributed by atoms with Crippen molar-refractivity contribution in [1.29, 1.82) is 0 Å². The van der Waals surface area contributed by atoms with Crippen molar-refractivity contribution >= 4 is 40.8 Å². The third kappa shape index (κ3) is 3.27. The highest BCUT2D eigenvalue weighted by molar-refractivity contribution is 6.35. The van der Waals surface area contributed by atoms with Gasteiger partial charge in [0, 0.05) is 15.9 Å². The molecule has 0 saturated carbocycles. The zero-order valence-electron chi connectivity index (χ0n) is 8.73. The van der Waals surface area contributed by atoms with Crippen LogP contribution in [-0.2, 0) is 21.8 Å². The highest BCUT2D eigenvalue weighted by Gasteiger charge is 2.14. The number of benzene rings is 1. The Balaban J connectivity index is 3.01. The Morgan fingerprint density at radius 2 is 1.81 bits per heavy atom. The number of esters is 1. The summed E-state index contributed by atoms with van der Waals surface area (Å²) in [6, 6.07) is 3.31. The highest BCUT2D eigenvalue weighted by atomic mass is 35.5. The molecule has 0 N–H and O–H groups in total. The average Bonchev–Trinajstić information content (AvgIpc) is 2.24. The first-order valence-electron chi connectivity index (χ1n) is 4.77. The Morgan fingerprint density at radius 3 is 2.31 bits per heavy atom. The molecule has 0 heterocycles. The van der Waals surface area contributed by atoms with Gasteiger partial charge in [-0.05, 0) is 30.2 Å². The molecule has 0 spiro atoms. The third-order valence-electron chi connectivity index (χ3n) is 2.08. The van der Waals surface area contributed by atoms with Crippen LogP contribution in [0.15, 0.2) is 12.1 Å². The molecule has 16 heavy (non-hydrogen) atoms. The molecule has 0 atom stereocenters. The average molecular weight is 282 g/mol. The van der Waals surface area contributed by atoms with Gasteiger partial charge in [0.15, 0.2) is 0 Å². The molecule has 0 amide bonds. The molecule has 0 saturated heterocycles. The molecular formula is C11H11Cl3O2. The number of rotatable bonds is 4. The second-order valence-corrected chi connectivity index (χ2v) is 4.18. The van der Waals surface area contributed by atoms with Crippen molar-refractivity contribution in [3.63, 3.8) is 0 Å². The fourth-order valence-electron chi connectivity index (χ4n) is 1.33. The molecule has 0 aromatic heterocycles. The first kappa shape index (κ1) is 13.6. The van der Waals surface area contributed by atoms with E-state index in [9.17, 15) is 4.79 Å². The predicted octanol–water partition coefficient (Wildman–Crippen LogP) is 3.84. The van der Waals surface area contributed by atoms with E-state index in [0.29, 0.717) is 27.8 Å². The van der Waals surface area contributed by atoms with E-state index in [1.807, 2.05) is 0 Å². The van der Waals surface area contributed by atoms with Crippen LogP contribution in [0.3, 0.4) is 0 Å². The van der Waals surface area contributed by atoms with Gasteiger partial charge in [-0.15, -0.1) is 11.6 Å². The lowest BCUT2D eigenvalue weighted by atomic mass is 10.1. The number of halogens is 3. The summed E-state index contributed by atoms with van der Waals surface area (Å²) in [5.41, 5.74) is 1.33. The number of hydrogen-bond acceptors (Lipinski definition) is 2. The van der Waals surface area contributed by atoms with Gasteiger partial charge in [0.2, 0.25) is 0 Å². The fraction of sp³-hybridized carbons (Fsp3) is 0.364. The lowest BCUT2D eigenvalue weighted by Crippen LogP contribution is -2.09. The largest absolute Gasteiger partial charge is 0.466 e. The monoisotopic (exact) mass is 280 g/mol. The van der Waals surface area contributed by atoms with Crippen molar-refractivity contribution < 1.29 is 9.53 Å². The first-order valence-corrected chi connectivity index (χ1v) is 6.06. The van der Waals surface area contributed by atoms with E-state index in [1.54, 1.807) is 19.1 Å². The van der Waals surface area contributed by atoms with Gasteiger partial charge >= 0.3 is 5.97 Å². The van der Waals surface area contributed by atoms with E-state index in [0.717, 1.165) is 0 Å². The van der Waals surface area contributed by atoms with Crippen molar-refractivity contribution in [2.24, 2.45) is 0 Å². The fourth-order valence-corrected chi connectivity index (χ4v) is 2.19. The summed E-state index contributed by atoms with van der Waals surface area (Å²) in [4.78, 5) is 11.4. The van der Waals surface area contributed by atoms with Gasteiger partial charge in [0.1, 0.15) is 0 Å². The first-order chi connectivity index (χ1) is 7.60. The number of alkyl halides is 1. The summed E-state index contributed by atoms with van der Waals surface area (Å²) < 4.78 is 4.86. The zero-order chi connectivity index (χ0) is 12.1. The van der Waals surface area contributed by atoms with E-state index in [-0.39, 0.29) is 18.3 Å². The molecule has 0 unspecified atom stereocenters. The highest BCUT2D eigenvalue weighted by Crippen LogP contribution is 2.29. The van der Waals surface area contributed by atoms with Crippen molar-refractivity contribution in [2.75, 3.05) is 6.61 Å². The number of ether oxygens (including phenoxy) is 1. The maximum Gasteiger partial charge on any atom is 0.310 e. The summed E-state index contributed by atoms with van der Waals surface area (Å²) in [6.45, 7) is 2.09. The van der Waals surface area contributed by atoms with E-state index in [1.165, 1.54) is 0 Å². The Hall–Kier alpha value is -0.440. The molecular weight excluding hydrogens is 270 g/mol. The standard InChI is InChI=1S/C11H11Cl3O2/c1-2-16-11(15)5-7-8(6-12)10(14)4-3-9(7)13/h3-4H,2,5-6H2,1H3. The summed E-state index contributed by atoms with van der Waals surface area (Å²) in [7, 11) is 0. The van der Waals surface area contributed by atoms with Crippen LogP contribution >= 0.6 is 34.8 Å². The molecule has 2 nitrogen and oxygen atoms in total. The quantitative estimate of drug-likeness (QED) is 0.619. The number of hydrogen-bond donors (Lipinski definition) is 0. The van der Waals surface area contributed by atoms with E-state index >= 15 is 0 Å². The van der Waals surface area contributed by atoms with Gasteiger partial charge in [0.05, 0.1) is 13.0 Å². The molecule has 1 rings (SSSR count). The number of carbonyl (C=O) groups excluding carboxylic acids is 1. The minimum atomic E-state index is -0.335. The van der Waals surface area contributed by atoms with E-state index in [2.05, 4.69) is 0 Å². The number of carbonyl (C=O) groups is 1. The summed E-state index contributed by atoms with van der Waals surface area (Å²) in [6.07, 6.45) is 0.0925. The van der Waals surface area contributed by atoms with Gasteiger partial charge in [-0.25, -0.2) is 0 Å². The molecule has 5 heteroatoms. The molecule has 0 bridgehead atoms. The van der Waals surface area contributed by atoms with Gasteiger partial charge in [-0.1, -0.05) is 23.2 Å². The van der Waals surface area contributed by atoms with Crippen LogP contribution in [0, 0.1) is 0 Å². The normalized spacial score (nSPS) is 10.2. The topological polar surface area (TPSA) is 26.3 Å². The van der Waals surface area contributed by atoms with Crippen LogP contribution in [0.2, 0.25) is 10.0 Å². The SMILES string of the molecule is CCOC(=O)Cc1c(Cl)ccc(Cl)c1CCl. The minimum Gasteiger partial charge on any atom is -0.466 e. The van der Waals surface area contributed by atoms with Crippen LogP contribution < -0.4 is 0 Å². The van der Waals surface area contributed by atoms with Crippen molar-refractivity contribution in [1.82, 2.24) is 0 Å². The Kier molecular flexibility index (Phi) is 5.39. The smallest absolute Gasteiger partial charge is 0.310 e. The van der Waals surface area contributed by atoms with Gasteiger partial charge in [-0.3, -0.25) is 4.79 Å². The second kappa shape index (κ2) is 6.33. The predicted molar refractivity (Wildman–Crippen MR) is 66.4 cm³/mol. The Labute approximate surface area is 109 Å². The van der Waals surface area contributed by atoms with E-state index < -0.39 is 0 Å². The molecule has 1 aromatic rings. The maximum absolute atomic E-state index is 11.4. The van der Waals surface area contributed by atoms with E-state index in [4.69, 9.17) is 39.5 Å². The lowest BCUT2D eigenvalue weighted by molar-refractivity contribution is -0.142. The molecule has 88 valence electrons. The Bertz CT molecular complexity index is 391. The van der Waals surface area contributed by atoms with Crippen LogP contribution in [0.5, 0.6) is 0 Å². The van der Waals surface area contributed by atoms with Gasteiger partial charge < -0.3 is 4.74 Å². The van der Waals surface area contributed by atoms with Gasteiger partial charge in [0.25, 0.3) is 0 Å². The molecule has 0 radical (unpaired) electrons. The maximum atomic E-state index is 11.4. The Morgan fingerprint density at radius 1 is 1.25 bits per heavy atom. The molecule has 0 aliphatic carbocycles. The molecule has 0 fully saturated rings. The van der Waals surface area contributed by atoms with Crippen LogP contribution in [-0.4, -0.2) is 12.6 Å². The zero-order valence-corrected chi connectivity index (χ0v) is 11.0. The molecule has 1 aromatic carbocycles. The van der Waals surface area contributed by atoms with Crippen LogP contribution in [0.1, 0.15) is 18.1 Å². The van der Waals surface area contributed by atoms with Crippen LogP contribution in [0.25, 0.3) is 0 Å². The van der Waals surface area contributed by atoms with Gasteiger partial charge in [-0.2, -0.15) is 0 Å². The van der Waals surface area contributed by atoms with Crippen LogP contribution in [0.4, 0.5) is 0 Å². The summed E-state index contributed by atoms with van der Waals surface area (Å²) in [5.74, 6) is -0.119. The second-order valence-electron chi connectivity index (χ2n) is 3.10. The summed E-state index contributed by atoms with van der Waals surface area (Å²) >= 11 is 17.7. The molecule has 0 aliphatic heterocycles. The molecule has 0 aliphatic rings.